The molecule has 0 amide bonds. The van der Waals surface area contributed by atoms with Crippen LogP contribution in [0.15, 0.2) is 36.4 Å². The van der Waals surface area contributed by atoms with Gasteiger partial charge in [0.05, 0.1) is 11.5 Å². The molecular weight excluding hydrogens is 419 g/mol. The summed E-state index contributed by atoms with van der Waals surface area (Å²) in [5.41, 5.74) is 4.78. The molecule has 2 rings (SSSR count). The van der Waals surface area contributed by atoms with Gasteiger partial charge in [0.1, 0.15) is 0 Å². The number of para-hydroxylation sites is 2. The summed E-state index contributed by atoms with van der Waals surface area (Å²) >= 11 is -2.18. The maximum Gasteiger partial charge on any atom is 0.856 e. The Balaban J connectivity index is 2.63. The van der Waals surface area contributed by atoms with Crippen LogP contribution in [0.25, 0.3) is 0 Å². The van der Waals surface area contributed by atoms with Gasteiger partial charge in [0, 0.05) is 0 Å². The second kappa shape index (κ2) is 9.67. The topological polar surface area (TPSA) is 18.5 Å². The summed E-state index contributed by atoms with van der Waals surface area (Å²) in [6.07, 6.45) is 0. The van der Waals surface area contributed by atoms with Crippen LogP contribution in [0.5, 0.6) is 11.5 Å². The fourth-order valence-corrected chi connectivity index (χ4v) is 5.41. The van der Waals surface area contributed by atoms with Crippen molar-refractivity contribution < 1.29 is 7.58 Å². The Morgan fingerprint density at radius 3 is 0.970 bits per heavy atom. The lowest BCUT2D eigenvalue weighted by Gasteiger charge is -2.33. The van der Waals surface area contributed by atoms with Gasteiger partial charge in [0.2, 0.25) is 0 Å². The highest BCUT2D eigenvalue weighted by molar-refractivity contribution is 6.46. The van der Waals surface area contributed by atoms with Gasteiger partial charge in [-0.2, -0.15) is 0 Å². The van der Waals surface area contributed by atoms with E-state index in [9.17, 15) is 0 Å². The Morgan fingerprint density at radius 1 is 0.545 bits per heavy atom. The van der Waals surface area contributed by atoms with Gasteiger partial charge < -0.3 is 7.58 Å². The molecule has 2 aromatic rings. The van der Waals surface area contributed by atoms with Gasteiger partial charge in [-0.1, -0.05) is 126 Å². The highest BCUT2D eigenvalue weighted by atomic mass is 27.2. The molecule has 0 aromatic heterocycles. The van der Waals surface area contributed by atoms with Gasteiger partial charge in [0.15, 0.2) is 0 Å². The number of hydrogen-bond acceptors (Lipinski definition) is 2. The minimum atomic E-state index is -2.18. The van der Waals surface area contributed by atoms with Crippen molar-refractivity contribution in [3.05, 3.63) is 65.6 Å². The van der Waals surface area contributed by atoms with Crippen molar-refractivity contribution in [3.63, 3.8) is 0 Å². The van der Waals surface area contributed by atoms with Crippen LogP contribution in [0.4, 0.5) is 0 Å². The summed E-state index contributed by atoms with van der Waals surface area (Å²) in [4.78, 5) is 0. The standard InChI is InChI=1S/2C14H22O.C2H4.Al/c2*1-13(2,3)10-8-7-9-11(12(10)15)14(4,5)6;1-2;/h2*7-9,15H,1-6H3;1-2H2;/q;;;+2/p-2. The van der Waals surface area contributed by atoms with Gasteiger partial charge in [-0.25, -0.2) is 0 Å². The van der Waals surface area contributed by atoms with E-state index in [1.54, 1.807) is 0 Å². The van der Waals surface area contributed by atoms with Crippen LogP contribution in [0.1, 0.15) is 105 Å². The average molecular weight is 466 g/mol. The van der Waals surface area contributed by atoms with E-state index in [0.29, 0.717) is 5.28 Å². The minimum Gasteiger partial charge on any atom is -0.611 e. The Bertz CT molecular complexity index is 805. The third-order valence-corrected chi connectivity index (χ3v) is 7.47. The quantitative estimate of drug-likeness (QED) is 0.411. The Hall–Kier alpha value is -1.43. The summed E-state index contributed by atoms with van der Waals surface area (Å²) in [5.74, 6) is 1.98. The molecule has 2 nitrogen and oxygen atoms in total. The molecular formula is C30H46AlO2. The highest BCUT2D eigenvalue weighted by Gasteiger charge is 2.37. The van der Waals surface area contributed by atoms with Crippen LogP contribution in [-0.4, -0.2) is 14.8 Å². The van der Waals surface area contributed by atoms with Crippen molar-refractivity contribution in [2.45, 2.75) is 110 Å². The molecule has 0 saturated carbocycles. The third-order valence-electron chi connectivity index (χ3n) is 6.00. The lowest BCUT2D eigenvalue weighted by molar-refractivity contribution is 0.389. The predicted octanol–water partition coefficient (Wildman–Crippen LogP) is 8.66. The van der Waals surface area contributed by atoms with Gasteiger partial charge in [-0.3, -0.25) is 0 Å². The van der Waals surface area contributed by atoms with Crippen LogP contribution < -0.4 is 7.58 Å². The van der Waals surface area contributed by atoms with E-state index in [-0.39, 0.29) is 21.7 Å². The Morgan fingerprint density at radius 2 is 0.788 bits per heavy atom. The minimum absolute atomic E-state index is 0.0312. The predicted molar refractivity (Wildman–Crippen MR) is 145 cm³/mol. The molecule has 0 aliphatic heterocycles. The summed E-state index contributed by atoms with van der Waals surface area (Å²) < 4.78 is 13.7. The Kier molecular flexibility index (Phi) is 8.15. The lowest BCUT2D eigenvalue weighted by Crippen LogP contribution is -2.34. The van der Waals surface area contributed by atoms with Crippen LogP contribution in [0.3, 0.4) is 0 Å². The van der Waals surface area contributed by atoms with Gasteiger partial charge in [-0.15, -0.1) is 0 Å². The average Bonchev–Trinajstić information content (AvgIpc) is 2.64. The zero-order valence-corrected chi connectivity index (χ0v) is 24.4. The van der Waals surface area contributed by atoms with Crippen LogP contribution >= 0.6 is 0 Å². The molecule has 33 heavy (non-hydrogen) atoms. The molecule has 181 valence electrons. The molecule has 0 spiro atoms. The van der Waals surface area contributed by atoms with Crippen LogP contribution in [0.2, 0.25) is 5.28 Å². The normalized spacial score (nSPS) is 13.1. The number of hydrogen-bond donors (Lipinski definition) is 0. The van der Waals surface area contributed by atoms with Gasteiger partial charge >= 0.3 is 14.8 Å². The molecule has 1 radical (unpaired) electrons. The van der Waals surface area contributed by atoms with Crippen molar-refractivity contribution in [3.8, 4) is 11.5 Å². The van der Waals surface area contributed by atoms with E-state index in [2.05, 4.69) is 126 Å². The first-order chi connectivity index (χ1) is 14.9. The fraction of sp³-hybridized carbons (Fsp3) is 0.567. The summed E-state index contributed by atoms with van der Waals surface area (Å²) in [7, 11) is 0. The molecule has 0 saturated heterocycles. The third kappa shape index (κ3) is 6.80. The van der Waals surface area contributed by atoms with E-state index in [4.69, 9.17) is 7.58 Å². The molecule has 0 aliphatic carbocycles. The maximum absolute atomic E-state index is 6.87. The van der Waals surface area contributed by atoms with Crippen molar-refractivity contribution in [2.75, 3.05) is 0 Å². The fourth-order valence-electron chi connectivity index (χ4n) is 4.10. The smallest absolute Gasteiger partial charge is 0.611 e. The van der Waals surface area contributed by atoms with Crippen LogP contribution in [0, 0.1) is 6.92 Å². The molecule has 0 unspecified atom stereocenters. The first-order valence-corrected chi connectivity index (χ1v) is 14.0. The van der Waals surface area contributed by atoms with Crippen molar-refractivity contribution in [2.24, 2.45) is 0 Å². The number of rotatable bonds is 5. The Labute approximate surface area is 209 Å². The second-order valence-electron chi connectivity index (χ2n) is 13.3. The molecule has 0 heterocycles. The summed E-state index contributed by atoms with van der Waals surface area (Å²) in [5, 5.41) is 0.643. The van der Waals surface area contributed by atoms with Crippen molar-refractivity contribution in [1.29, 1.82) is 0 Å². The van der Waals surface area contributed by atoms with Gasteiger partial charge in [-0.05, 0) is 49.2 Å². The summed E-state index contributed by atoms with van der Waals surface area (Å²) in [6, 6.07) is 13.1. The molecule has 0 aliphatic rings. The van der Waals surface area contributed by atoms with E-state index in [0.717, 1.165) is 11.5 Å². The van der Waals surface area contributed by atoms with E-state index >= 15 is 0 Å². The molecule has 0 bridgehead atoms. The van der Waals surface area contributed by atoms with E-state index in [1.165, 1.54) is 22.3 Å². The highest BCUT2D eigenvalue weighted by Crippen LogP contribution is 2.42. The largest absolute Gasteiger partial charge is 0.856 e. The molecule has 3 heteroatoms. The molecule has 0 atom stereocenters. The first-order valence-electron chi connectivity index (χ1n) is 12.3. The lowest BCUT2D eigenvalue weighted by atomic mass is 9.79. The van der Waals surface area contributed by atoms with Gasteiger partial charge in [0.25, 0.3) is 0 Å². The first kappa shape index (κ1) is 27.8. The molecule has 2 aromatic carbocycles. The van der Waals surface area contributed by atoms with Crippen molar-refractivity contribution >= 4 is 14.8 Å². The molecule has 0 fully saturated rings. The summed E-state index contributed by atoms with van der Waals surface area (Å²) in [6.45, 7) is 31.2. The number of benzene rings is 2. The molecule has 0 N–H and O–H groups in total. The SMILES string of the molecule is [CH2][CH2][Al]([O]c1c(C(C)(C)C)cccc1C(C)(C)C)[O]c1c(C(C)(C)C)cccc1C(C)(C)C. The van der Waals surface area contributed by atoms with Crippen molar-refractivity contribution in [1.82, 2.24) is 0 Å². The maximum atomic E-state index is 6.87. The van der Waals surface area contributed by atoms with E-state index in [1.807, 2.05) is 0 Å². The van der Waals surface area contributed by atoms with Crippen LogP contribution in [-0.2, 0) is 21.7 Å². The zero-order chi connectivity index (χ0) is 25.4. The second-order valence-corrected chi connectivity index (χ2v) is 15.2. The zero-order valence-electron chi connectivity index (χ0n) is 23.3. The van der Waals surface area contributed by atoms with E-state index < -0.39 is 14.8 Å². The monoisotopic (exact) mass is 465 g/mol.